The summed E-state index contributed by atoms with van der Waals surface area (Å²) in [5.74, 6) is 1.49. The minimum atomic E-state index is -0.133. The van der Waals surface area contributed by atoms with Gasteiger partial charge in [-0.1, -0.05) is 26.0 Å². The maximum atomic E-state index is 11.7. The lowest BCUT2D eigenvalue weighted by Gasteiger charge is -2.36. The summed E-state index contributed by atoms with van der Waals surface area (Å²) in [5, 5.41) is 2.90. The van der Waals surface area contributed by atoms with Gasteiger partial charge in [0, 0.05) is 69.9 Å². The summed E-state index contributed by atoms with van der Waals surface area (Å²) in [7, 11) is 1.95. The Hall–Kier alpha value is -3.13. The zero-order valence-electron chi connectivity index (χ0n) is 21.2. The van der Waals surface area contributed by atoms with E-state index >= 15 is 0 Å². The second kappa shape index (κ2) is 9.85. The number of nitrogens with zero attached hydrogens (tertiary/aromatic N) is 5. The van der Waals surface area contributed by atoms with Crippen molar-refractivity contribution in [2.45, 2.75) is 33.3 Å². The van der Waals surface area contributed by atoms with E-state index in [0.717, 1.165) is 48.5 Å². The van der Waals surface area contributed by atoms with E-state index in [9.17, 15) is 4.79 Å². The van der Waals surface area contributed by atoms with Gasteiger partial charge in [-0.05, 0) is 31.0 Å². The molecule has 8 heteroatoms. The largest absolute Gasteiger partial charge is 0.473 e. The average molecular weight is 477 g/mol. The third kappa shape index (κ3) is 5.12. The van der Waals surface area contributed by atoms with Crippen molar-refractivity contribution in [2.75, 3.05) is 44.2 Å². The van der Waals surface area contributed by atoms with Crippen LogP contribution in [0.4, 0.5) is 5.69 Å². The van der Waals surface area contributed by atoms with Gasteiger partial charge < -0.3 is 19.5 Å². The lowest BCUT2D eigenvalue weighted by Crippen LogP contribution is -2.47. The van der Waals surface area contributed by atoms with Crippen molar-refractivity contribution in [1.29, 1.82) is 0 Å². The summed E-state index contributed by atoms with van der Waals surface area (Å²) >= 11 is 0. The van der Waals surface area contributed by atoms with E-state index in [0.29, 0.717) is 24.8 Å². The molecule has 0 aliphatic carbocycles. The van der Waals surface area contributed by atoms with E-state index in [1.807, 2.05) is 24.6 Å². The summed E-state index contributed by atoms with van der Waals surface area (Å²) in [6.07, 6.45) is 2.14. The maximum absolute atomic E-state index is 11.7. The van der Waals surface area contributed by atoms with E-state index in [4.69, 9.17) is 9.72 Å². The molecule has 3 aromatic rings. The topological polar surface area (TPSA) is 75.5 Å². The second-order valence-corrected chi connectivity index (χ2v) is 10.4. The van der Waals surface area contributed by atoms with Gasteiger partial charge in [-0.2, -0.15) is 0 Å². The standard InChI is InChI=1S/C27H36N6O2/c1-18(2)16-32-9-11-33(12-10-32)22-7-5-20(6-8-22)23-14-24-26(31(4)17-29-24)27(30-23)35-19(3)21-13-25(34)28-15-21/h5-8,14,17-19,21H,9-13,15-16H2,1-4H3,(H,28,34)/t19-,21-/m1/s1. The first-order valence-electron chi connectivity index (χ1n) is 12.7. The first-order valence-corrected chi connectivity index (χ1v) is 12.7. The molecule has 2 aliphatic heterocycles. The molecule has 1 N–H and O–H groups in total. The summed E-state index contributed by atoms with van der Waals surface area (Å²) in [6, 6.07) is 10.7. The fourth-order valence-corrected chi connectivity index (χ4v) is 5.15. The number of nitrogens with one attached hydrogen (secondary N) is 1. The molecule has 2 fully saturated rings. The Labute approximate surface area is 207 Å². The number of ether oxygens (including phenoxy) is 1. The number of anilines is 1. The number of carbonyl (C=O) groups excluding carboxylic acids is 1. The number of fused-ring (bicyclic) bond motifs is 1. The molecular formula is C27H36N6O2. The molecule has 35 heavy (non-hydrogen) atoms. The molecule has 0 spiro atoms. The third-order valence-electron chi connectivity index (χ3n) is 7.16. The third-order valence-corrected chi connectivity index (χ3v) is 7.16. The molecule has 1 amide bonds. The average Bonchev–Trinajstić information content (AvgIpc) is 3.45. The number of rotatable bonds is 7. The highest BCUT2D eigenvalue weighted by Gasteiger charge is 2.29. The van der Waals surface area contributed by atoms with Crippen LogP contribution in [0.5, 0.6) is 5.88 Å². The van der Waals surface area contributed by atoms with E-state index in [2.05, 4.69) is 58.2 Å². The summed E-state index contributed by atoms with van der Waals surface area (Å²) in [4.78, 5) is 26.2. The van der Waals surface area contributed by atoms with Crippen molar-refractivity contribution in [3.63, 3.8) is 0 Å². The Morgan fingerprint density at radius 2 is 1.86 bits per heavy atom. The molecule has 5 rings (SSSR count). The van der Waals surface area contributed by atoms with Crippen molar-refractivity contribution >= 4 is 22.6 Å². The lowest BCUT2D eigenvalue weighted by molar-refractivity contribution is -0.119. The minimum absolute atomic E-state index is 0.0827. The Morgan fingerprint density at radius 3 is 2.51 bits per heavy atom. The van der Waals surface area contributed by atoms with Crippen molar-refractivity contribution in [3.8, 4) is 17.1 Å². The fourth-order valence-electron chi connectivity index (χ4n) is 5.15. The minimum Gasteiger partial charge on any atom is -0.473 e. The summed E-state index contributed by atoms with van der Waals surface area (Å²) in [6.45, 7) is 12.7. The number of imidazole rings is 1. The lowest BCUT2D eigenvalue weighted by atomic mass is 10.0. The van der Waals surface area contributed by atoms with Gasteiger partial charge in [0.15, 0.2) is 0 Å². The molecule has 0 radical (unpaired) electrons. The van der Waals surface area contributed by atoms with Crippen molar-refractivity contribution in [3.05, 3.63) is 36.7 Å². The molecular weight excluding hydrogens is 440 g/mol. The van der Waals surface area contributed by atoms with Gasteiger partial charge in [0.25, 0.3) is 0 Å². The molecule has 2 aromatic heterocycles. The van der Waals surface area contributed by atoms with Crippen LogP contribution in [0, 0.1) is 11.8 Å². The van der Waals surface area contributed by atoms with Gasteiger partial charge in [-0.3, -0.25) is 9.69 Å². The van der Waals surface area contributed by atoms with E-state index < -0.39 is 0 Å². The van der Waals surface area contributed by atoms with Crippen LogP contribution in [0.3, 0.4) is 0 Å². The van der Waals surface area contributed by atoms with Crippen LogP contribution in [0.15, 0.2) is 36.7 Å². The Balaban J connectivity index is 1.35. The fraction of sp³-hybridized carbons (Fsp3) is 0.519. The highest BCUT2D eigenvalue weighted by molar-refractivity contribution is 5.85. The molecule has 0 bridgehead atoms. The molecule has 4 heterocycles. The van der Waals surface area contributed by atoms with Gasteiger partial charge >= 0.3 is 0 Å². The van der Waals surface area contributed by atoms with Gasteiger partial charge in [0.05, 0.1) is 17.5 Å². The zero-order valence-corrected chi connectivity index (χ0v) is 21.2. The van der Waals surface area contributed by atoms with Crippen LogP contribution in [0.1, 0.15) is 27.2 Å². The van der Waals surface area contributed by atoms with Crippen LogP contribution in [-0.4, -0.2) is 70.7 Å². The number of piperazine rings is 1. The predicted octanol–water partition coefficient (Wildman–Crippen LogP) is 3.32. The molecule has 8 nitrogen and oxygen atoms in total. The van der Waals surface area contributed by atoms with Crippen molar-refractivity contribution in [2.24, 2.45) is 18.9 Å². The second-order valence-electron chi connectivity index (χ2n) is 10.4. The van der Waals surface area contributed by atoms with Crippen LogP contribution < -0.4 is 15.0 Å². The number of amides is 1. The van der Waals surface area contributed by atoms with Crippen molar-refractivity contribution < 1.29 is 9.53 Å². The number of aryl methyl sites for hydroxylation is 1. The Kier molecular flexibility index (Phi) is 6.65. The van der Waals surface area contributed by atoms with E-state index in [1.54, 1.807) is 6.33 Å². The number of pyridine rings is 1. The number of hydrogen-bond donors (Lipinski definition) is 1. The monoisotopic (exact) mass is 476 g/mol. The first-order chi connectivity index (χ1) is 16.9. The SMILES string of the molecule is CC(C)CN1CCN(c2ccc(-c3cc4ncn(C)c4c(O[C@H](C)[C@H]4CNC(=O)C4)n3)cc2)CC1. The highest BCUT2D eigenvalue weighted by atomic mass is 16.5. The van der Waals surface area contributed by atoms with Crippen LogP contribution in [0.25, 0.3) is 22.3 Å². The van der Waals surface area contributed by atoms with E-state index in [1.165, 1.54) is 12.2 Å². The number of aromatic nitrogens is 3. The smallest absolute Gasteiger partial charge is 0.241 e. The van der Waals surface area contributed by atoms with Crippen molar-refractivity contribution in [1.82, 2.24) is 24.8 Å². The molecule has 2 aliphatic rings. The number of hydrogen-bond acceptors (Lipinski definition) is 6. The first kappa shape index (κ1) is 23.6. The molecule has 0 saturated carbocycles. The van der Waals surface area contributed by atoms with Gasteiger partial charge in [-0.15, -0.1) is 0 Å². The van der Waals surface area contributed by atoms with Gasteiger partial charge in [0.2, 0.25) is 11.8 Å². The summed E-state index contributed by atoms with van der Waals surface area (Å²) < 4.78 is 8.28. The quantitative estimate of drug-likeness (QED) is 0.564. The molecule has 2 atom stereocenters. The predicted molar refractivity (Wildman–Crippen MR) is 139 cm³/mol. The number of benzene rings is 1. The van der Waals surface area contributed by atoms with Gasteiger partial charge in [0.1, 0.15) is 11.6 Å². The van der Waals surface area contributed by atoms with Crippen LogP contribution in [0.2, 0.25) is 0 Å². The molecule has 0 unspecified atom stereocenters. The molecule has 186 valence electrons. The highest BCUT2D eigenvalue weighted by Crippen LogP contribution is 2.31. The summed E-state index contributed by atoms with van der Waals surface area (Å²) in [5.41, 5.74) is 4.85. The number of carbonyl (C=O) groups is 1. The van der Waals surface area contributed by atoms with Gasteiger partial charge in [-0.25, -0.2) is 9.97 Å². The molecule has 2 saturated heterocycles. The Morgan fingerprint density at radius 1 is 1.11 bits per heavy atom. The van der Waals surface area contributed by atoms with E-state index in [-0.39, 0.29) is 17.9 Å². The molecule has 1 aromatic carbocycles. The normalized spacial score (nSPS) is 20.0. The van der Waals surface area contributed by atoms with Crippen LogP contribution >= 0.6 is 0 Å². The maximum Gasteiger partial charge on any atom is 0.241 e. The zero-order chi connectivity index (χ0) is 24.5. The van der Waals surface area contributed by atoms with Crippen LogP contribution in [-0.2, 0) is 11.8 Å². The Bertz CT molecular complexity index is 1180.